The van der Waals surface area contributed by atoms with E-state index in [0.29, 0.717) is 0 Å². The van der Waals surface area contributed by atoms with Crippen LogP contribution in [0.2, 0.25) is 0 Å². The van der Waals surface area contributed by atoms with Gasteiger partial charge in [0, 0.05) is 0 Å². The smallest absolute Gasteiger partial charge is 0.281 e. The summed E-state index contributed by atoms with van der Waals surface area (Å²) in [4.78, 5) is 0. The van der Waals surface area contributed by atoms with Gasteiger partial charge in [0.15, 0.2) is 6.17 Å². The van der Waals surface area contributed by atoms with Crippen molar-refractivity contribution in [2.75, 3.05) is 0 Å². The Labute approximate surface area is 51.2 Å². The molecule has 3 N–H and O–H groups in total. The molecule has 0 radical (unpaired) electrons. The van der Waals surface area contributed by atoms with Crippen molar-refractivity contribution in [1.82, 2.24) is 6.15 Å². The average molecular weight is 150 g/mol. The largest absolute Gasteiger partial charge is 0.344 e. The summed E-state index contributed by atoms with van der Waals surface area (Å²) in [5.41, 5.74) is 0. The van der Waals surface area contributed by atoms with Crippen LogP contribution in [-0.4, -0.2) is 12.1 Å². The van der Waals surface area contributed by atoms with E-state index in [2.05, 4.69) is 0 Å². The minimum Gasteiger partial charge on any atom is -0.344 e. The monoisotopic (exact) mass is 149 g/mol. The highest BCUT2D eigenvalue weighted by Crippen LogP contribution is 2.44. The van der Waals surface area contributed by atoms with Gasteiger partial charge in [0.1, 0.15) is 0 Å². The number of hydrogen-bond acceptors (Lipinski definition) is 1. The number of alkyl halides is 3. The summed E-state index contributed by atoms with van der Waals surface area (Å²) in [6.45, 7) is 0. The van der Waals surface area contributed by atoms with E-state index in [1.807, 2.05) is 0 Å². The number of hydrogen-bond donors (Lipinski definition) is 1. The molecule has 1 rings (SSSR count). The highest BCUT2D eigenvalue weighted by molar-refractivity contribution is 5.85. The van der Waals surface area contributed by atoms with Crippen molar-refractivity contribution in [2.45, 2.75) is 18.5 Å². The second-order valence-corrected chi connectivity index (χ2v) is 1.43. The van der Waals surface area contributed by atoms with Crippen molar-refractivity contribution in [3.05, 3.63) is 0 Å². The van der Waals surface area contributed by atoms with Crippen LogP contribution >= 0.6 is 12.4 Å². The maximum absolute atomic E-state index is 11.2. The first kappa shape index (κ1) is 10.9. The van der Waals surface area contributed by atoms with Gasteiger partial charge in [0.2, 0.25) is 0 Å². The zero-order valence-electron chi connectivity index (χ0n) is 4.03. The van der Waals surface area contributed by atoms with Gasteiger partial charge in [-0.2, -0.15) is 0 Å². The first-order valence-electron chi connectivity index (χ1n) is 1.65. The molecule has 0 aromatic heterocycles. The van der Waals surface area contributed by atoms with Crippen molar-refractivity contribution in [3.63, 3.8) is 0 Å². The summed E-state index contributed by atoms with van der Waals surface area (Å²) >= 11 is 0. The fourth-order valence-corrected chi connectivity index (χ4v) is 0.180. The summed E-state index contributed by atoms with van der Waals surface area (Å²) in [6.07, 6.45) is -2.40. The lowest BCUT2D eigenvalue weighted by Crippen LogP contribution is -1.90. The average Bonchev–Trinajstić information content (AvgIpc) is 1.73. The van der Waals surface area contributed by atoms with Gasteiger partial charge in [0.05, 0.1) is 6.42 Å². The molecule has 1 atom stereocenters. The third-order valence-electron chi connectivity index (χ3n) is 0.750. The molecule has 52 valence electrons. The molecule has 0 heterocycles. The summed E-state index contributed by atoms with van der Waals surface area (Å²) in [5, 5.41) is 0. The van der Waals surface area contributed by atoms with Crippen molar-refractivity contribution in [1.29, 1.82) is 0 Å². The SMILES string of the molecule is Cl.FC1CC1(F)F.N. The van der Waals surface area contributed by atoms with Crippen LogP contribution in [0.25, 0.3) is 0 Å². The Kier molecular flexibility index (Phi) is 3.48. The fraction of sp³-hybridized carbons (Fsp3) is 1.00. The molecule has 8 heavy (non-hydrogen) atoms. The summed E-state index contributed by atoms with van der Waals surface area (Å²) in [6, 6.07) is 0. The fourth-order valence-electron chi connectivity index (χ4n) is 0.180. The van der Waals surface area contributed by atoms with Crippen LogP contribution in [0.15, 0.2) is 0 Å². The Morgan fingerprint density at radius 1 is 1.38 bits per heavy atom. The molecular weight excluding hydrogens is 142 g/mol. The highest BCUT2D eigenvalue weighted by atomic mass is 35.5. The van der Waals surface area contributed by atoms with E-state index in [-0.39, 0.29) is 18.6 Å². The molecule has 0 aromatic rings. The van der Waals surface area contributed by atoms with E-state index < -0.39 is 18.5 Å². The second kappa shape index (κ2) is 2.55. The van der Waals surface area contributed by atoms with E-state index in [0.717, 1.165) is 0 Å². The molecule has 1 saturated carbocycles. The predicted octanol–water partition coefficient (Wildman–Crippen LogP) is 1.95. The zero-order valence-corrected chi connectivity index (χ0v) is 4.85. The van der Waals surface area contributed by atoms with Crippen LogP contribution in [0.3, 0.4) is 0 Å². The topological polar surface area (TPSA) is 35.0 Å². The minimum atomic E-state index is -2.96. The first-order chi connectivity index (χ1) is 2.63. The van der Waals surface area contributed by atoms with Gasteiger partial charge in [-0.3, -0.25) is 0 Å². The Hall–Kier alpha value is 0.0400. The normalized spacial score (nSPS) is 29.6. The Morgan fingerprint density at radius 3 is 1.50 bits per heavy atom. The van der Waals surface area contributed by atoms with Crippen molar-refractivity contribution >= 4 is 12.4 Å². The van der Waals surface area contributed by atoms with Crippen molar-refractivity contribution in [2.24, 2.45) is 0 Å². The lowest BCUT2D eigenvalue weighted by molar-refractivity contribution is 0.0870. The van der Waals surface area contributed by atoms with Crippen LogP contribution in [0.4, 0.5) is 13.2 Å². The Balaban J connectivity index is 0. The molecular formula is C3H7ClF3N. The van der Waals surface area contributed by atoms with Gasteiger partial charge in [-0.05, 0) is 0 Å². The quantitative estimate of drug-likeness (QED) is 0.561. The van der Waals surface area contributed by atoms with E-state index in [1.165, 1.54) is 0 Å². The molecule has 1 nitrogen and oxygen atoms in total. The Bertz CT molecular complexity index is 76.9. The summed E-state index contributed by atoms with van der Waals surface area (Å²) in [5.74, 6) is -2.96. The molecule has 0 aromatic carbocycles. The molecule has 0 spiro atoms. The van der Waals surface area contributed by atoms with Gasteiger partial charge in [-0.1, -0.05) is 0 Å². The molecule has 1 unspecified atom stereocenters. The van der Waals surface area contributed by atoms with E-state index >= 15 is 0 Å². The van der Waals surface area contributed by atoms with Gasteiger partial charge in [-0.25, -0.2) is 13.2 Å². The molecule has 0 aliphatic heterocycles. The van der Waals surface area contributed by atoms with E-state index in [4.69, 9.17) is 0 Å². The van der Waals surface area contributed by atoms with E-state index in [9.17, 15) is 13.2 Å². The third-order valence-corrected chi connectivity index (χ3v) is 0.750. The molecule has 5 heteroatoms. The van der Waals surface area contributed by atoms with Crippen LogP contribution < -0.4 is 6.15 Å². The van der Waals surface area contributed by atoms with Crippen molar-refractivity contribution < 1.29 is 13.2 Å². The van der Waals surface area contributed by atoms with E-state index in [1.54, 1.807) is 0 Å². The third kappa shape index (κ3) is 1.88. The molecule has 0 amide bonds. The minimum absolute atomic E-state index is 0. The molecule has 1 aliphatic carbocycles. The summed E-state index contributed by atoms with van der Waals surface area (Å²) < 4.78 is 33.4. The number of rotatable bonds is 0. The molecule has 1 fully saturated rings. The van der Waals surface area contributed by atoms with Gasteiger partial charge < -0.3 is 6.15 Å². The van der Waals surface area contributed by atoms with Crippen LogP contribution in [0, 0.1) is 0 Å². The van der Waals surface area contributed by atoms with Crippen LogP contribution in [-0.2, 0) is 0 Å². The standard InChI is InChI=1S/C3H3F3.ClH.H3N/c4-2-1-3(2,5)6;;/h2H,1H2;1H;1H3. The zero-order chi connectivity index (χ0) is 4.78. The molecule has 0 bridgehead atoms. The Morgan fingerprint density at radius 2 is 1.50 bits per heavy atom. The number of halogens is 4. The molecule has 1 aliphatic rings. The van der Waals surface area contributed by atoms with Crippen LogP contribution in [0.1, 0.15) is 6.42 Å². The lowest BCUT2D eigenvalue weighted by atomic mass is 10.8. The van der Waals surface area contributed by atoms with Gasteiger partial charge in [-0.15, -0.1) is 12.4 Å². The van der Waals surface area contributed by atoms with Gasteiger partial charge >= 0.3 is 0 Å². The van der Waals surface area contributed by atoms with Crippen molar-refractivity contribution in [3.8, 4) is 0 Å². The predicted molar refractivity (Wildman–Crippen MR) is 26.7 cm³/mol. The maximum Gasteiger partial charge on any atom is 0.281 e. The van der Waals surface area contributed by atoms with Crippen LogP contribution in [0.5, 0.6) is 0 Å². The maximum atomic E-state index is 11.2. The molecule has 0 saturated heterocycles. The first-order valence-corrected chi connectivity index (χ1v) is 1.65. The lowest BCUT2D eigenvalue weighted by Gasteiger charge is -1.79. The summed E-state index contributed by atoms with van der Waals surface area (Å²) in [7, 11) is 0. The highest BCUT2D eigenvalue weighted by Gasteiger charge is 2.58. The van der Waals surface area contributed by atoms with Gasteiger partial charge in [0.25, 0.3) is 5.92 Å². The second-order valence-electron chi connectivity index (χ2n) is 1.43.